The Morgan fingerprint density at radius 3 is 2.75 bits per heavy atom. The van der Waals surface area contributed by atoms with Crippen LogP contribution >= 0.6 is 15.9 Å². The fraction of sp³-hybridized carbons (Fsp3) is 0.222. The molecule has 0 bridgehead atoms. The van der Waals surface area contributed by atoms with Gasteiger partial charge in [0.2, 0.25) is 0 Å². The third-order valence-corrected chi connectivity index (χ3v) is 2.28. The first-order chi connectivity index (χ1) is 5.69. The van der Waals surface area contributed by atoms with Gasteiger partial charge in [-0.05, 0) is 30.2 Å². The lowest BCUT2D eigenvalue weighted by molar-refractivity contribution is 1.04. The van der Waals surface area contributed by atoms with Gasteiger partial charge in [0.05, 0.1) is 11.6 Å². The van der Waals surface area contributed by atoms with Crippen LogP contribution in [0.1, 0.15) is 16.7 Å². The van der Waals surface area contributed by atoms with E-state index in [9.17, 15) is 0 Å². The number of nitrogens with zero attached hydrogens (tertiary/aromatic N) is 1. The monoisotopic (exact) mass is 224 g/mol. The molecule has 1 rings (SSSR count). The minimum absolute atomic E-state index is 0.472. The van der Waals surface area contributed by atoms with Gasteiger partial charge in [-0.2, -0.15) is 5.26 Å². The molecule has 0 heterocycles. The Morgan fingerprint density at radius 2 is 2.25 bits per heavy atom. The zero-order chi connectivity index (χ0) is 9.14. The number of rotatable bonds is 1. The third kappa shape index (κ3) is 1.66. The summed E-state index contributed by atoms with van der Waals surface area (Å²) in [6.07, 6.45) is 0. The van der Waals surface area contributed by atoms with Gasteiger partial charge in [0, 0.05) is 11.0 Å². The van der Waals surface area contributed by atoms with Crippen molar-refractivity contribution in [1.29, 1.82) is 5.26 Å². The van der Waals surface area contributed by atoms with Crippen LogP contribution in [0.4, 0.5) is 0 Å². The van der Waals surface area contributed by atoms with Crippen LogP contribution in [-0.4, -0.2) is 0 Å². The molecule has 0 saturated carbocycles. The maximum atomic E-state index is 8.75. The van der Waals surface area contributed by atoms with Crippen molar-refractivity contribution >= 4 is 15.9 Å². The topological polar surface area (TPSA) is 49.8 Å². The predicted octanol–water partition coefficient (Wildman–Crippen LogP) is 2.09. The number of halogens is 1. The Balaban J connectivity index is 3.34. The second kappa shape index (κ2) is 3.70. The average molecular weight is 225 g/mol. The van der Waals surface area contributed by atoms with Gasteiger partial charge in [-0.3, -0.25) is 0 Å². The molecule has 2 nitrogen and oxygen atoms in total. The van der Waals surface area contributed by atoms with Gasteiger partial charge in [0.1, 0.15) is 0 Å². The Labute approximate surface area is 80.1 Å². The molecule has 0 atom stereocenters. The lowest BCUT2D eigenvalue weighted by Crippen LogP contribution is -2.00. The van der Waals surface area contributed by atoms with Crippen molar-refractivity contribution in [2.75, 3.05) is 0 Å². The molecule has 0 aromatic heterocycles. The van der Waals surface area contributed by atoms with Crippen molar-refractivity contribution in [3.05, 3.63) is 33.3 Å². The number of nitriles is 1. The van der Waals surface area contributed by atoms with Crippen molar-refractivity contribution in [3.63, 3.8) is 0 Å². The Hall–Kier alpha value is -0.850. The van der Waals surface area contributed by atoms with E-state index in [1.165, 1.54) is 0 Å². The summed E-state index contributed by atoms with van der Waals surface area (Å²) in [6, 6.07) is 5.87. The predicted molar refractivity (Wildman–Crippen MR) is 51.5 cm³/mol. The molecule has 12 heavy (non-hydrogen) atoms. The molecule has 3 heteroatoms. The van der Waals surface area contributed by atoms with Crippen molar-refractivity contribution in [2.45, 2.75) is 13.5 Å². The van der Waals surface area contributed by atoms with E-state index in [-0.39, 0.29) is 0 Å². The van der Waals surface area contributed by atoms with Crippen LogP contribution in [0.2, 0.25) is 0 Å². The molecule has 0 aliphatic rings. The van der Waals surface area contributed by atoms with Crippen LogP contribution in [-0.2, 0) is 6.54 Å². The fourth-order valence-corrected chi connectivity index (χ4v) is 1.57. The van der Waals surface area contributed by atoms with Gasteiger partial charge in [-0.1, -0.05) is 15.9 Å². The third-order valence-electron chi connectivity index (χ3n) is 1.82. The molecule has 2 N–H and O–H groups in total. The zero-order valence-corrected chi connectivity index (χ0v) is 8.35. The van der Waals surface area contributed by atoms with Crippen LogP contribution < -0.4 is 5.73 Å². The molecular weight excluding hydrogens is 216 g/mol. The largest absolute Gasteiger partial charge is 0.326 e. The Bertz CT molecular complexity index is 339. The first-order valence-electron chi connectivity index (χ1n) is 3.58. The summed E-state index contributed by atoms with van der Waals surface area (Å²) in [5, 5.41) is 8.75. The highest BCUT2D eigenvalue weighted by atomic mass is 79.9. The van der Waals surface area contributed by atoms with Crippen molar-refractivity contribution in [1.82, 2.24) is 0 Å². The molecule has 62 valence electrons. The average Bonchev–Trinajstić information content (AvgIpc) is 2.08. The summed E-state index contributed by atoms with van der Waals surface area (Å²) in [5.41, 5.74) is 8.19. The van der Waals surface area contributed by atoms with Crippen LogP contribution in [0.15, 0.2) is 16.6 Å². The van der Waals surface area contributed by atoms with E-state index in [1.807, 2.05) is 13.0 Å². The summed E-state index contributed by atoms with van der Waals surface area (Å²) in [6.45, 7) is 2.38. The summed E-state index contributed by atoms with van der Waals surface area (Å²) in [4.78, 5) is 0. The quantitative estimate of drug-likeness (QED) is 0.795. The fourth-order valence-electron chi connectivity index (χ4n) is 1.06. The first-order valence-corrected chi connectivity index (χ1v) is 4.37. The van der Waals surface area contributed by atoms with E-state index in [1.54, 1.807) is 6.07 Å². The lowest BCUT2D eigenvalue weighted by atomic mass is 10.0. The van der Waals surface area contributed by atoms with Crippen LogP contribution in [0.3, 0.4) is 0 Å². The highest BCUT2D eigenvalue weighted by Crippen LogP contribution is 2.19. The normalized spacial score (nSPS) is 9.50. The minimum atomic E-state index is 0.472. The van der Waals surface area contributed by atoms with Crippen LogP contribution in [0.25, 0.3) is 0 Å². The molecule has 1 aromatic carbocycles. The van der Waals surface area contributed by atoms with Gasteiger partial charge < -0.3 is 5.73 Å². The van der Waals surface area contributed by atoms with Crippen LogP contribution in [0.5, 0.6) is 0 Å². The molecule has 0 saturated heterocycles. The van der Waals surface area contributed by atoms with Crippen molar-refractivity contribution < 1.29 is 0 Å². The first kappa shape index (κ1) is 9.24. The molecule has 0 spiro atoms. The molecule has 0 unspecified atom stereocenters. The Kier molecular flexibility index (Phi) is 2.85. The molecule has 1 aromatic rings. The summed E-state index contributed by atoms with van der Waals surface area (Å²) in [7, 11) is 0. The van der Waals surface area contributed by atoms with Gasteiger partial charge >= 0.3 is 0 Å². The van der Waals surface area contributed by atoms with E-state index in [0.717, 1.165) is 15.6 Å². The molecule has 0 radical (unpaired) electrons. The summed E-state index contributed by atoms with van der Waals surface area (Å²) in [5.74, 6) is 0. The molecule has 0 aliphatic heterocycles. The number of hydrogen-bond acceptors (Lipinski definition) is 2. The van der Waals surface area contributed by atoms with E-state index < -0.39 is 0 Å². The number of hydrogen-bond donors (Lipinski definition) is 1. The van der Waals surface area contributed by atoms with Crippen molar-refractivity contribution in [3.8, 4) is 6.07 Å². The van der Waals surface area contributed by atoms with Gasteiger partial charge in [-0.25, -0.2) is 0 Å². The van der Waals surface area contributed by atoms with Gasteiger partial charge in [-0.15, -0.1) is 0 Å². The molecule has 0 aliphatic carbocycles. The van der Waals surface area contributed by atoms with E-state index in [0.29, 0.717) is 12.1 Å². The zero-order valence-electron chi connectivity index (χ0n) is 6.76. The molecule has 0 amide bonds. The van der Waals surface area contributed by atoms with Gasteiger partial charge in [0.15, 0.2) is 0 Å². The summed E-state index contributed by atoms with van der Waals surface area (Å²) < 4.78 is 0.908. The van der Waals surface area contributed by atoms with E-state index >= 15 is 0 Å². The van der Waals surface area contributed by atoms with E-state index in [4.69, 9.17) is 11.0 Å². The van der Waals surface area contributed by atoms with E-state index in [2.05, 4.69) is 22.0 Å². The second-order valence-corrected chi connectivity index (χ2v) is 3.47. The maximum Gasteiger partial charge on any atom is 0.0994 e. The summed E-state index contributed by atoms with van der Waals surface area (Å²) >= 11 is 3.32. The minimum Gasteiger partial charge on any atom is -0.326 e. The second-order valence-electron chi connectivity index (χ2n) is 2.55. The highest BCUT2D eigenvalue weighted by molar-refractivity contribution is 9.10. The number of benzene rings is 1. The Morgan fingerprint density at radius 1 is 1.58 bits per heavy atom. The van der Waals surface area contributed by atoms with Crippen LogP contribution in [0, 0.1) is 18.3 Å². The van der Waals surface area contributed by atoms with Crippen molar-refractivity contribution in [2.24, 2.45) is 5.73 Å². The smallest absolute Gasteiger partial charge is 0.0994 e. The maximum absolute atomic E-state index is 8.75. The molecule has 0 fully saturated rings. The molecular formula is C9H9BrN2. The highest BCUT2D eigenvalue weighted by Gasteiger charge is 2.03. The lowest BCUT2D eigenvalue weighted by Gasteiger charge is -2.04. The van der Waals surface area contributed by atoms with Gasteiger partial charge in [0.25, 0.3) is 0 Å². The SMILES string of the molecule is Cc1c(C#N)cc(Br)cc1CN. The number of nitrogens with two attached hydrogens (primary N) is 1. The standard InChI is InChI=1S/C9H9BrN2/c1-6-7(4-11)2-9(10)3-8(6)5-12/h2-3H,4,11H2,1H3.